The van der Waals surface area contributed by atoms with Crippen LogP contribution in [0.5, 0.6) is 0 Å². The molecule has 1 aliphatic rings. The lowest BCUT2D eigenvalue weighted by Gasteiger charge is -2.26. The molecule has 0 radical (unpaired) electrons. The average molecular weight is 439 g/mol. The first-order valence-corrected chi connectivity index (χ1v) is 11.2. The number of hydrogen-bond donors (Lipinski definition) is 1. The number of carbonyl (C=O) groups excluding carboxylic acids is 1. The molecule has 2 N–H and O–H groups in total. The van der Waals surface area contributed by atoms with Crippen molar-refractivity contribution in [3.05, 3.63) is 82.4 Å². The maximum atomic E-state index is 12.4. The van der Waals surface area contributed by atoms with E-state index in [9.17, 15) is 13.2 Å². The van der Waals surface area contributed by atoms with Crippen molar-refractivity contribution in [2.75, 3.05) is 4.90 Å². The topological polar surface area (TPSA) is 80.5 Å². The number of amides is 1. The van der Waals surface area contributed by atoms with Gasteiger partial charge in [0.1, 0.15) is 0 Å². The first kappa shape index (κ1) is 20.3. The van der Waals surface area contributed by atoms with Crippen LogP contribution in [0.4, 0.5) is 5.69 Å². The van der Waals surface area contributed by atoms with Crippen LogP contribution in [-0.2, 0) is 21.4 Å². The zero-order valence-corrected chi connectivity index (χ0v) is 17.7. The van der Waals surface area contributed by atoms with Crippen molar-refractivity contribution in [3.63, 3.8) is 0 Å². The minimum Gasteiger partial charge on any atom is -0.308 e. The van der Waals surface area contributed by atoms with Crippen LogP contribution in [0.1, 0.15) is 23.6 Å². The quantitative estimate of drug-likeness (QED) is 0.630. The minimum atomic E-state index is -3.88. The molecule has 152 valence electrons. The van der Waals surface area contributed by atoms with Gasteiger partial charge in [-0.1, -0.05) is 54.1 Å². The second-order valence-electron chi connectivity index (χ2n) is 7.10. The molecule has 5 nitrogen and oxygen atoms in total. The highest BCUT2D eigenvalue weighted by molar-refractivity contribution is 7.89. The lowest BCUT2D eigenvalue weighted by Crippen LogP contribution is -2.29. The highest BCUT2D eigenvalue weighted by atomic mass is 35.5. The summed E-state index contributed by atoms with van der Waals surface area (Å²) in [5.74, 6) is -0.102. The molecule has 3 aromatic carbocycles. The summed E-state index contributed by atoms with van der Waals surface area (Å²) in [6, 6.07) is 17.7. The number of sulfonamides is 1. The standard InChI is InChI=1S/C23H19ClN2O3S/c1-15(27)26-14-19-12-17(21-4-2-3-5-23(21)30(25,28)29)8-6-16(19)7-9-18-13-20(24)10-11-22(18)26/h2-13H,14H2,1H3,(H2,25,28,29)/b9-7-. The van der Waals surface area contributed by atoms with E-state index in [1.165, 1.54) is 13.0 Å². The molecule has 1 aliphatic heterocycles. The molecule has 7 heteroatoms. The summed E-state index contributed by atoms with van der Waals surface area (Å²) in [4.78, 5) is 14.2. The maximum Gasteiger partial charge on any atom is 0.238 e. The fourth-order valence-electron chi connectivity index (χ4n) is 3.65. The van der Waals surface area contributed by atoms with Gasteiger partial charge in [0.05, 0.1) is 17.1 Å². The van der Waals surface area contributed by atoms with E-state index in [1.807, 2.05) is 42.5 Å². The Labute approximate surface area is 180 Å². The molecule has 3 aromatic rings. The van der Waals surface area contributed by atoms with Gasteiger partial charge in [-0.05, 0) is 52.6 Å². The van der Waals surface area contributed by atoms with E-state index in [-0.39, 0.29) is 10.8 Å². The molecule has 0 unspecified atom stereocenters. The molecule has 0 aliphatic carbocycles. The molecule has 0 fully saturated rings. The molecule has 0 atom stereocenters. The Kier molecular flexibility index (Phi) is 5.24. The Bertz CT molecular complexity index is 1300. The predicted octanol–water partition coefficient (Wildman–Crippen LogP) is 4.69. The van der Waals surface area contributed by atoms with Gasteiger partial charge in [-0.15, -0.1) is 0 Å². The van der Waals surface area contributed by atoms with Gasteiger partial charge in [0.25, 0.3) is 0 Å². The monoisotopic (exact) mass is 438 g/mol. The van der Waals surface area contributed by atoms with E-state index in [4.69, 9.17) is 16.7 Å². The van der Waals surface area contributed by atoms with Crippen LogP contribution in [0.25, 0.3) is 23.3 Å². The number of fused-ring (bicyclic) bond motifs is 2. The van der Waals surface area contributed by atoms with E-state index >= 15 is 0 Å². The fourth-order valence-corrected chi connectivity index (χ4v) is 4.59. The van der Waals surface area contributed by atoms with Crippen LogP contribution in [-0.4, -0.2) is 14.3 Å². The van der Waals surface area contributed by atoms with E-state index in [2.05, 4.69) is 0 Å². The lowest BCUT2D eigenvalue weighted by atomic mass is 9.96. The van der Waals surface area contributed by atoms with Crippen molar-refractivity contribution >= 4 is 45.4 Å². The van der Waals surface area contributed by atoms with Crippen molar-refractivity contribution in [1.82, 2.24) is 0 Å². The predicted molar refractivity (Wildman–Crippen MR) is 120 cm³/mol. The van der Waals surface area contributed by atoms with Crippen LogP contribution in [0, 0.1) is 0 Å². The third-order valence-electron chi connectivity index (χ3n) is 5.08. The van der Waals surface area contributed by atoms with E-state index < -0.39 is 10.0 Å². The van der Waals surface area contributed by atoms with Crippen LogP contribution in [0.2, 0.25) is 5.02 Å². The Morgan fingerprint density at radius 2 is 1.73 bits per heavy atom. The number of primary sulfonamides is 1. The summed E-state index contributed by atoms with van der Waals surface area (Å²) in [7, 11) is -3.88. The van der Waals surface area contributed by atoms with Gasteiger partial charge in [-0.3, -0.25) is 4.79 Å². The smallest absolute Gasteiger partial charge is 0.238 e. The SMILES string of the molecule is CC(=O)N1Cc2cc(-c3ccccc3S(N)(=O)=O)ccc2/C=C\c2cc(Cl)ccc21. The fraction of sp³-hybridized carbons (Fsp3) is 0.0870. The van der Waals surface area contributed by atoms with Crippen molar-refractivity contribution < 1.29 is 13.2 Å². The molecular formula is C23H19ClN2O3S. The second kappa shape index (κ2) is 7.72. The van der Waals surface area contributed by atoms with Gasteiger partial charge in [-0.25, -0.2) is 13.6 Å². The normalized spacial score (nSPS) is 14.3. The Balaban J connectivity index is 1.88. The number of rotatable bonds is 2. The first-order chi connectivity index (χ1) is 14.2. The number of hydrogen-bond acceptors (Lipinski definition) is 3. The summed E-state index contributed by atoms with van der Waals surface area (Å²) in [6.07, 6.45) is 3.89. The minimum absolute atomic E-state index is 0.0646. The molecule has 0 aromatic heterocycles. The molecule has 0 saturated carbocycles. The van der Waals surface area contributed by atoms with E-state index in [0.29, 0.717) is 22.7 Å². The lowest BCUT2D eigenvalue weighted by molar-refractivity contribution is -0.116. The van der Waals surface area contributed by atoms with Gasteiger partial charge in [0.15, 0.2) is 0 Å². The molecule has 1 amide bonds. The third kappa shape index (κ3) is 3.89. The van der Waals surface area contributed by atoms with Gasteiger partial charge >= 0.3 is 0 Å². The summed E-state index contributed by atoms with van der Waals surface area (Å²) in [6.45, 7) is 1.86. The molecule has 30 heavy (non-hydrogen) atoms. The van der Waals surface area contributed by atoms with Crippen molar-refractivity contribution in [2.45, 2.75) is 18.4 Å². The number of carbonyl (C=O) groups is 1. The van der Waals surface area contributed by atoms with Crippen LogP contribution in [0.3, 0.4) is 0 Å². The van der Waals surface area contributed by atoms with Gasteiger partial charge in [-0.2, -0.15) is 0 Å². The molecular weight excluding hydrogens is 420 g/mol. The van der Waals surface area contributed by atoms with Crippen LogP contribution >= 0.6 is 11.6 Å². The van der Waals surface area contributed by atoms with E-state index in [0.717, 1.165) is 22.4 Å². The second-order valence-corrected chi connectivity index (χ2v) is 9.06. The van der Waals surface area contributed by atoms with E-state index in [1.54, 1.807) is 29.2 Å². The first-order valence-electron chi connectivity index (χ1n) is 9.25. The number of anilines is 1. The highest BCUT2D eigenvalue weighted by Crippen LogP contribution is 2.34. The van der Waals surface area contributed by atoms with Gasteiger partial charge < -0.3 is 4.90 Å². The summed E-state index contributed by atoms with van der Waals surface area (Å²) in [5.41, 5.74) is 4.69. The highest BCUT2D eigenvalue weighted by Gasteiger charge is 2.20. The van der Waals surface area contributed by atoms with Crippen molar-refractivity contribution in [3.8, 4) is 11.1 Å². The molecule has 0 saturated heterocycles. The van der Waals surface area contributed by atoms with Crippen molar-refractivity contribution in [1.29, 1.82) is 0 Å². The number of halogens is 1. The molecule has 0 bridgehead atoms. The largest absolute Gasteiger partial charge is 0.308 e. The molecule has 4 rings (SSSR count). The molecule has 1 heterocycles. The number of nitrogens with two attached hydrogens (primary N) is 1. The molecule has 0 spiro atoms. The number of nitrogens with zero attached hydrogens (tertiary/aromatic N) is 1. The Hall–Kier alpha value is -2.93. The van der Waals surface area contributed by atoms with Gasteiger partial charge in [0, 0.05) is 17.5 Å². The zero-order valence-electron chi connectivity index (χ0n) is 16.2. The zero-order chi connectivity index (χ0) is 21.5. The Morgan fingerprint density at radius 1 is 1.00 bits per heavy atom. The third-order valence-corrected chi connectivity index (χ3v) is 6.28. The summed E-state index contributed by atoms with van der Waals surface area (Å²) >= 11 is 6.14. The van der Waals surface area contributed by atoms with Crippen molar-refractivity contribution in [2.24, 2.45) is 5.14 Å². The van der Waals surface area contributed by atoms with Crippen LogP contribution < -0.4 is 10.0 Å². The number of benzene rings is 3. The van der Waals surface area contributed by atoms with Crippen LogP contribution in [0.15, 0.2) is 65.6 Å². The summed E-state index contributed by atoms with van der Waals surface area (Å²) < 4.78 is 24.1. The Morgan fingerprint density at radius 3 is 2.47 bits per heavy atom. The van der Waals surface area contributed by atoms with Gasteiger partial charge in [0.2, 0.25) is 15.9 Å². The maximum absolute atomic E-state index is 12.4. The summed E-state index contributed by atoms with van der Waals surface area (Å²) in [5, 5.41) is 6.00. The average Bonchev–Trinajstić information content (AvgIpc) is 2.69.